The third-order valence-electron chi connectivity index (χ3n) is 4.09. The van der Waals surface area contributed by atoms with Gasteiger partial charge in [-0.05, 0) is 27.7 Å². The first-order valence-electron chi connectivity index (χ1n) is 7.02. The van der Waals surface area contributed by atoms with E-state index < -0.39 is 23.3 Å². The van der Waals surface area contributed by atoms with Gasteiger partial charge in [-0.25, -0.2) is 4.79 Å². The third-order valence-corrected chi connectivity index (χ3v) is 4.09. The van der Waals surface area contributed by atoms with E-state index in [2.05, 4.69) is 4.98 Å². The van der Waals surface area contributed by atoms with E-state index in [1.807, 2.05) is 20.8 Å². The highest BCUT2D eigenvalue weighted by Crippen LogP contribution is 2.43. The summed E-state index contributed by atoms with van der Waals surface area (Å²) in [6, 6.07) is 0. The first-order chi connectivity index (χ1) is 9.70. The zero-order valence-corrected chi connectivity index (χ0v) is 12.6. The molecule has 0 unspecified atom stereocenters. The van der Waals surface area contributed by atoms with Crippen molar-refractivity contribution in [2.75, 3.05) is 6.61 Å². The summed E-state index contributed by atoms with van der Waals surface area (Å²) in [6.07, 6.45) is 1.43. The Labute approximate surface area is 121 Å². The average molecular weight is 296 g/mol. The van der Waals surface area contributed by atoms with Gasteiger partial charge in [-0.15, -0.1) is 0 Å². The first kappa shape index (κ1) is 14.5. The number of rotatable bonds is 1. The van der Waals surface area contributed by atoms with Gasteiger partial charge >= 0.3 is 5.69 Å². The summed E-state index contributed by atoms with van der Waals surface area (Å²) in [6.45, 7) is 7.68. The minimum Gasteiger partial charge on any atom is -0.347 e. The molecule has 3 rings (SSSR count). The maximum atomic E-state index is 12.0. The number of H-pyrrole nitrogens is 1. The second-order valence-electron chi connectivity index (χ2n) is 6.39. The number of ether oxygens (including phenoxy) is 3. The molecule has 2 fully saturated rings. The van der Waals surface area contributed by atoms with Gasteiger partial charge in [-0.3, -0.25) is 14.3 Å². The lowest BCUT2D eigenvalue weighted by Gasteiger charge is -2.42. The fourth-order valence-electron chi connectivity index (χ4n) is 2.83. The molecule has 0 radical (unpaired) electrons. The average Bonchev–Trinajstić information content (AvgIpc) is 2.70. The third kappa shape index (κ3) is 2.45. The maximum Gasteiger partial charge on any atom is 0.330 e. The van der Waals surface area contributed by atoms with Gasteiger partial charge in [-0.1, -0.05) is 0 Å². The molecule has 3 atom stereocenters. The molecule has 2 saturated heterocycles. The van der Waals surface area contributed by atoms with Crippen molar-refractivity contribution in [2.45, 2.75) is 57.8 Å². The molecule has 2 aliphatic heterocycles. The zero-order valence-electron chi connectivity index (χ0n) is 12.6. The van der Waals surface area contributed by atoms with Crippen LogP contribution in [-0.4, -0.2) is 33.7 Å². The molecule has 21 heavy (non-hydrogen) atoms. The highest BCUT2D eigenvalue weighted by molar-refractivity contribution is 5.03. The summed E-state index contributed by atoms with van der Waals surface area (Å²) >= 11 is 0. The lowest BCUT2D eigenvalue weighted by Crippen LogP contribution is -2.53. The van der Waals surface area contributed by atoms with Crippen molar-refractivity contribution < 1.29 is 14.2 Å². The van der Waals surface area contributed by atoms with E-state index in [-0.39, 0.29) is 11.7 Å². The van der Waals surface area contributed by atoms with Crippen molar-refractivity contribution in [1.29, 1.82) is 0 Å². The normalized spacial score (nSPS) is 34.7. The lowest BCUT2D eigenvalue weighted by atomic mass is 9.98. The number of fused-ring (bicyclic) bond motifs is 1. The summed E-state index contributed by atoms with van der Waals surface area (Å²) < 4.78 is 19.0. The lowest BCUT2D eigenvalue weighted by molar-refractivity contribution is -0.319. The Bertz CT molecular complexity index is 677. The largest absolute Gasteiger partial charge is 0.347 e. The Morgan fingerprint density at radius 1 is 1.29 bits per heavy atom. The van der Waals surface area contributed by atoms with Crippen molar-refractivity contribution in [1.82, 2.24) is 9.55 Å². The van der Waals surface area contributed by atoms with Crippen molar-refractivity contribution in [3.05, 3.63) is 32.6 Å². The smallest absolute Gasteiger partial charge is 0.330 e. The Kier molecular flexibility index (Phi) is 3.12. The summed E-state index contributed by atoms with van der Waals surface area (Å²) in [4.78, 5) is 25.7. The number of hydrogen-bond acceptors (Lipinski definition) is 5. The van der Waals surface area contributed by atoms with Crippen LogP contribution in [0.5, 0.6) is 0 Å². The van der Waals surface area contributed by atoms with Crippen LogP contribution in [0.3, 0.4) is 0 Å². The number of aryl methyl sites for hydroxylation is 1. The van der Waals surface area contributed by atoms with Crippen LogP contribution in [-0.2, 0) is 14.2 Å². The Hall–Kier alpha value is -1.44. The molecule has 116 valence electrons. The monoisotopic (exact) mass is 296 g/mol. The topological polar surface area (TPSA) is 82.6 Å². The van der Waals surface area contributed by atoms with Crippen molar-refractivity contribution in [2.24, 2.45) is 0 Å². The van der Waals surface area contributed by atoms with Gasteiger partial charge in [0, 0.05) is 18.2 Å². The van der Waals surface area contributed by atoms with E-state index in [1.54, 1.807) is 6.92 Å². The summed E-state index contributed by atoms with van der Waals surface area (Å²) in [5, 5.41) is 0. The van der Waals surface area contributed by atoms with Gasteiger partial charge in [0.1, 0.15) is 11.8 Å². The molecule has 0 aliphatic carbocycles. The van der Waals surface area contributed by atoms with E-state index in [0.717, 1.165) is 0 Å². The second kappa shape index (κ2) is 4.53. The molecule has 0 bridgehead atoms. The predicted octanol–water partition coefficient (Wildman–Crippen LogP) is 0.674. The predicted molar refractivity (Wildman–Crippen MR) is 74.1 cm³/mol. The van der Waals surface area contributed by atoms with Gasteiger partial charge in [0.2, 0.25) is 0 Å². The Balaban J connectivity index is 1.92. The van der Waals surface area contributed by atoms with E-state index in [9.17, 15) is 9.59 Å². The van der Waals surface area contributed by atoms with Gasteiger partial charge in [0.15, 0.2) is 5.79 Å². The van der Waals surface area contributed by atoms with Gasteiger partial charge in [0.05, 0.1) is 12.7 Å². The number of nitrogens with one attached hydrogen (secondary N) is 1. The molecule has 0 amide bonds. The molecule has 2 aliphatic rings. The van der Waals surface area contributed by atoms with Crippen LogP contribution in [0.15, 0.2) is 15.8 Å². The fourth-order valence-corrected chi connectivity index (χ4v) is 2.83. The zero-order chi connectivity index (χ0) is 15.4. The molecule has 7 heteroatoms. The number of nitrogens with zero attached hydrogens (tertiary/aromatic N) is 1. The molecular formula is C14H20N2O5. The van der Waals surface area contributed by atoms with Crippen LogP contribution in [0.25, 0.3) is 0 Å². The van der Waals surface area contributed by atoms with Crippen LogP contribution in [0.2, 0.25) is 0 Å². The molecular weight excluding hydrogens is 276 g/mol. The summed E-state index contributed by atoms with van der Waals surface area (Å²) in [7, 11) is 0. The number of hydrogen-bond donors (Lipinski definition) is 1. The van der Waals surface area contributed by atoms with E-state index in [4.69, 9.17) is 14.2 Å². The van der Waals surface area contributed by atoms with Crippen LogP contribution in [0.4, 0.5) is 0 Å². The second-order valence-corrected chi connectivity index (χ2v) is 6.39. The van der Waals surface area contributed by atoms with Crippen molar-refractivity contribution >= 4 is 0 Å². The summed E-state index contributed by atoms with van der Waals surface area (Å²) in [5.41, 5.74) is -0.976. The number of aromatic nitrogens is 2. The minimum atomic E-state index is -0.658. The van der Waals surface area contributed by atoms with E-state index >= 15 is 0 Å². The van der Waals surface area contributed by atoms with Crippen LogP contribution in [0, 0.1) is 6.92 Å². The molecule has 0 spiro atoms. The van der Waals surface area contributed by atoms with Gasteiger partial charge < -0.3 is 14.2 Å². The highest BCUT2D eigenvalue weighted by atomic mass is 16.7. The van der Waals surface area contributed by atoms with Gasteiger partial charge in [-0.2, -0.15) is 0 Å². The molecule has 7 nitrogen and oxygen atoms in total. The molecule has 3 heterocycles. The van der Waals surface area contributed by atoms with Crippen LogP contribution < -0.4 is 11.2 Å². The quantitative estimate of drug-likeness (QED) is 0.824. The maximum absolute atomic E-state index is 12.0. The number of aromatic amines is 1. The van der Waals surface area contributed by atoms with E-state index in [1.165, 1.54) is 10.8 Å². The molecule has 0 saturated carbocycles. The van der Waals surface area contributed by atoms with Crippen LogP contribution >= 0.6 is 0 Å². The minimum absolute atomic E-state index is 0.162. The Morgan fingerprint density at radius 3 is 2.71 bits per heavy atom. The molecule has 1 N–H and O–H groups in total. The summed E-state index contributed by atoms with van der Waals surface area (Å²) in [5.74, 6) is -0.658. The highest BCUT2D eigenvalue weighted by Gasteiger charge is 2.53. The molecule has 1 aromatic heterocycles. The van der Waals surface area contributed by atoms with Gasteiger partial charge in [0.25, 0.3) is 5.56 Å². The molecule has 0 aromatic carbocycles. The van der Waals surface area contributed by atoms with E-state index in [0.29, 0.717) is 18.6 Å². The SMILES string of the molecule is Cc1cn([C@H]2C[C@H]3OC(C)(C)OC[C@@]3(C)O2)c(=O)[nH]c1=O. The van der Waals surface area contributed by atoms with Crippen LogP contribution in [0.1, 0.15) is 39.0 Å². The van der Waals surface area contributed by atoms with Crippen molar-refractivity contribution in [3.8, 4) is 0 Å². The molecule has 1 aromatic rings. The Morgan fingerprint density at radius 2 is 2.00 bits per heavy atom. The standard InChI is InChI=1S/C14H20N2O5/c1-8-6-16(12(18)15-11(8)17)10-5-9-14(4,21-10)7-19-13(2,3)20-9/h6,9-10H,5,7H2,1-4H3,(H,15,17,18)/t9-,10-,14-/m1/s1. The van der Waals surface area contributed by atoms with Crippen molar-refractivity contribution in [3.63, 3.8) is 0 Å². The fraction of sp³-hybridized carbons (Fsp3) is 0.714. The first-order valence-corrected chi connectivity index (χ1v) is 7.02.